The lowest BCUT2D eigenvalue weighted by atomic mass is 10.2. The average Bonchev–Trinajstić information content (AvgIpc) is 3.38. The molecule has 0 aliphatic heterocycles. The molecular formula is C23H20FN3O5S. The quantitative estimate of drug-likeness (QED) is 0.405. The monoisotopic (exact) mass is 469 g/mol. The number of carbonyl (C=O) groups is 2. The lowest BCUT2D eigenvalue weighted by Gasteiger charge is -2.11. The number of hydrogen-bond donors (Lipinski definition) is 1. The van der Waals surface area contributed by atoms with Crippen LogP contribution in [0, 0.1) is 12.7 Å². The molecule has 0 aliphatic carbocycles. The first-order valence-electron chi connectivity index (χ1n) is 9.83. The predicted octanol–water partition coefficient (Wildman–Crippen LogP) is 4.35. The standard InChI is InChI=1S/C23H20FN3O5S/c1-13-17-11-20(33-22(17)27(26-13)15-6-4-14(24)5-7-15)23(29)32-12-21(28)25-18-10-16(30-2)8-9-19(18)31-3/h4-11H,12H2,1-3H3,(H,25,28). The van der Waals surface area contributed by atoms with Crippen LogP contribution < -0.4 is 14.8 Å². The SMILES string of the molecule is COc1ccc(OC)c(NC(=O)COC(=O)c2cc3c(C)nn(-c4ccc(F)cc4)c3s2)c1. The van der Waals surface area contributed by atoms with Gasteiger partial charge in [-0.1, -0.05) is 0 Å². The van der Waals surface area contributed by atoms with Crippen molar-refractivity contribution in [2.45, 2.75) is 6.92 Å². The van der Waals surface area contributed by atoms with Crippen molar-refractivity contribution in [1.29, 1.82) is 0 Å². The number of thiophene rings is 1. The molecule has 0 spiro atoms. The molecule has 4 aromatic rings. The lowest BCUT2D eigenvalue weighted by molar-refractivity contribution is -0.119. The number of benzene rings is 2. The van der Waals surface area contributed by atoms with Gasteiger partial charge in [-0.25, -0.2) is 13.9 Å². The Hall–Kier alpha value is -3.92. The second kappa shape index (κ2) is 9.29. The van der Waals surface area contributed by atoms with E-state index in [1.54, 1.807) is 41.1 Å². The Bertz CT molecular complexity index is 1330. The first-order valence-corrected chi connectivity index (χ1v) is 10.7. The molecule has 10 heteroatoms. The number of fused-ring (bicyclic) bond motifs is 1. The first-order chi connectivity index (χ1) is 15.9. The second-order valence-electron chi connectivity index (χ2n) is 6.99. The minimum Gasteiger partial charge on any atom is -0.497 e. The number of anilines is 1. The van der Waals surface area contributed by atoms with E-state index in [0.29, 0.717) is 33.4 Å². The summed E-state index contributed by atoms with van der Waals surface area (Å²) >= 11 is 1.18. The van der Waals surface area contributed by atoms with Gasteiger partial charge < -0.3 is 19.5 Å². The minimum atomic E-state index is -0.631. The summed E-state index contributed by atoms with van der Waals surface area (Å²) in [4.78, 5) is 26.0. The van der Waals surface area contributed by atoms with Gasteiger partial charge in [-0.15, -0.1) is 11.3 Å². The molecule has 2 heterocycles. The number of hydrogen-bond acceptors (Lipinski definition) is 7. The van der Waals surface area contributed by atoms with Crippen LogP contribution in [-0.2, 0) is 9.53 Å². The summed E-state index contributed by atoms with van der Waals surface area (Å²) in [6, 6.07) is 12.5. The Kier molecular flexibility index (Phi) is 6.27. The zero-order valence-electron chi connectivity index (χ0n) is 18.0. The second-order valence-corrected chi connectivity index (χ2v) is 8.02. The Balaban J connectivity index is 1.47. The number of methoxy groups -OCH3 is 2. The van der Waals surface area contributed by atoms with Crippen molar-refractivity contribution in [2.75, 3.05) is 26.1 Å². The number of nitrogens with one attached hydrogen (secondary N) is 1. The van der Waals surface area contributed by atoms with E-state index in [2.05, 4.69) is 10.4 Å². The molecule has 4 rings (SSSR count). The zero-order chi connectivity index (χ0) is 23.5. The molecule has 0 aliphatic rings. The van der Waals surface area contributed by atoms with Crippen LogP contribution in [-0.4, -0.2) is 42.5 Å². The van der Waals surface area contributed by atoms with Gasteiger partial charge >= 0.3 is 5.97 Å². The fourth-order valence-corrected chi connectivity index (χ4v) is 4.28. The molecule has 0 saturated carbocycles. The highest BCUT2D eigenvalue weighted by Crippen LogP contribution is 2.31. The smallest absolute Gasteiger partial charge is 0.348 e. The van der Waals surface area contributed by atoms with Gasteiger partial charge in [-0.05, 0) is 49.4 Å². The Morgan fingerprint density at radius 1 is 1.09 bits per heavy atom. The number of esters is 1. The maximum absolute atomic E-state index is 13.3. The van der Waals surface area contributed by atoms with E-state index in [-0.39, 0.29) is 5.82 Å². The summed E-state index contributed by atoms with van der Waals surface area (Å²) in [5.74, 6) is -0.516. The average molecular weight is 469 g/mol. The van der Waals surface area contributed by atoms with E-state index in [0.717, 1.165) is 10.2 Å². The maximum atomic E-state index is 13.3. The number of carbonyl (C=O) groups excluding carboxylic acids is 2. The molecule has 2 aromatic heterocycles. The molecule has 0 unspecified atom stereocenters. The van der Waals surface area contributed by atoms with Crippen LogP contribution >= 0.6 is 11.3 Å². The Morgan fingerprint density at radius 2 is 1.85 bits per heavy atom. The number of aryl methyl sites for hydroxylation is 1. The molecule has 33 heavy (non-hydrogen) atoms. The van der Waals surface area contributed by atoms with Gasteiger partial charge in [0.05, 0.1) is 31.3 Å². The number of rotatable bonds is 7. The molecule has 170 valence electrons. The zero-order valence-corrected chi connectivity index (χ0v) is 18.9. The van der Waals surface area contributed by atoms with Crippen LogP contribution in [0.5, 0.6) is 11.5 Å². The Morgan fingerprint density at radius 3 is 2.55 bits per heavy atom. The molecule has 0 atom stereocenters. The van der Waals surface area contributed by atoms with Crippen molar-refractivity contribution < 1.29 is 28.2 Å². The van der Waals surface area contributed by atoms with E-state index in [9.17, 15) is 14.0 Å². The summed E-state index contributed by atoms with van der Waals surface area (Å²) in [5.41, 5.74) is 1.78. The van der Waals surface area contributed by atoms with Gasteiger partial charge in [-0.3, -0.25) is 4.79 Å². The lowest BCUT2D eigenvalue weighted by Crippen LogP contribution is -2.21. The molecule has 0 fully saturated rings. The summed E-state index contributed by atoms with van der Waals surface area (Å²) < 4.78 is 30.5. The van der Waals surface area contributed by atoms with Crippen molar-refractivity contribution in [2.24, 2.45) is 0 Å². The van der Waals surface area contributed by atoms with Crippen molar-refractivity contribution in [3.63, 3.8) is 0 Å². The topological polar surface area (TPSA) is 91.7 Å². The molecule has 2 aromatic carbocycles. The molecule has 1 N–H and O–H groups in total. The number of nitrogens with zero attached hydrogens (tertiary/aromatic N) is 2. The van der Waals surface area contributed by atoms with E-state index in [1.165, 1.54) is 37.7 Å². The minimum absolute atomic E-state index is 0.327. The van der Waals surface area contributed by atoms with Crippen LogP contribution in [0.15, 0.2) is 48.5 Å². The third kappa shape index (κ3) is 4.65. The third-order valence-corrected chi connectivity index (χ3v) is 5.92. The predicted molar refractivity (Wildman–Crippen MR) is 122 cm³/mol. The molecule has 0 saturated heterocycles. The van der Waals surface area contributed by atoms with Gasteiger partial charge in [-0.2, -0.15) is 5.10 Å². The maximum Gasteiger partial charge on any atom is 0.348 e. The highest BCUT2D eigenvalue weighted by Gasteiger charge is 2.19. The van der Waals surface area contributed by atoms with E-state index in [4.69, 9.17) is 14.2 Å². The highest BCUT2D eigenvalue weighted by atomic mass is 32.1. The van der Waals surface area contributed by atoms with E-state index in [1.807, 2.05) is 6.92 Å². The summed E-state index contributed by atoms with van der Waals surface area (Å²) in [5, 5.41) is 7.89. The molecule has 8 nitrogen and oxygen atoms in total. The number of halogens is 1. The largest absolute Gasteiger partial charge is 0.497 e. The fraction of sp³-hybridized carbons (Fsp3) is 0.174. The molecule has 0 radical (unpaired) electrons. The van der Waals surface area contributed by atoms with Crippen LogP contribution in [0.4, 0.5) is 10.1 Å². The van der Waals surface area contributed by atoms with Gasteiger partial charge in [0, 0.05) is 11.5 Å². The van der Waals surface area contributed by atoms with Gasteiger partial charge in [0.25, 0.3) is 5.91 Å². The molecule has 1 amide bonds. The summed E-state index contributed by atoms with van der Waals surface area (Å²) in [6.45, 7) is 1.34. The van der Waals surface area contributed by atoms with Crippen LogP contribution in [0.2, 0.25) is 0 Å². The number of ether oxygens (including phenoxy) is 3. The fourth-order valence-electron chi connectivity index (χ4n) is 3.21. The van der Waals surface area contributed by atoms with Crippen LogP contribution in [0.25, 0.3) is 15.9 Å². The van der Waals surface area contributed by atoms with Crippen molar-refractivity contribution in [3.05, 3.63) is 64.9 Å². The molecular weight excluding hydrogens is 449 g/mol. The highest BCUT2D eigenvalue weighted by molar-refractivity contribution is 7.20. The van der Waals surface area contributed by atoms with Gasteiger partial charge in [0.15, 0.2) is 6.61 Å². The van der Waals surface area contributed by atoms with E-state index < -0.39 is 18.5 Å². The third-order valence-electron chi connectivity index (χ3n) is 4.83. The van der Waals surface area contributed by atoms with E-state index >= 15 is 0 Å². The van der Waals surface area contributed by atoms with Crippen molar-refractivity contribution >= 4 is 39.1 Å². The summed E-state index contributed by atoms with van der Waals surface area (Å²) in [7, 11) is 2.99. The number of aromatic nitrogens is 2. The van der Waals surface area contributed by atoms with Gasteiger partial charge in [0.1, 0.15) is 27.0 Å². The first kappa shape index (κ1) is 22.3. The van der Waals surface area contributed by atoms with Gasteiger partial charge in [0.2, 0.25) is 0 Å². The van der Waals surface area contributed by atoms with Crippen LogP contribution in [0.3, 0.4) is 0 Å². The van der Waals surface area contributed by atoms with Crippen molar-refractivity contribution in [1.82, 2.24) is 9.78 Å². The van der Waals surface area contributed by atoms with Crippen molar-refractivity contribution in [3.8, 4) is 17.2 Å². The summed E-state index contributed by atoms with van der Waals surface area (Å²) in [6.07, 6.45) is 0. The Labute approximate surface area is 192 Å². The molecule has 0 bridgehead atoms. The normalized spacial score (nSPS) is 10.8. The number of amides is 1. The van der Waals surface area contributed by atoms with Crippen LogP contribution in [0.1, 0.15) is 15.4 Å².